The van der Waals surface area contributed by atoms with Crippen LogP contribution < -0.4 is 5.48 Å². The van der Waals surface area contributed by atoms with E-state index in [0.29, 0.717) is 17.1 Å². The monoisotopic (exact) mass is 262 g/mol. The fourth-order valence-electron chi connectivity index (χ4n) is 1.44. The fourth-order valence-corrected chi connectivity index (χ4v) is 2.38. The molecule has 0 saturated carbocycles. The minimum Gasteiger partial charge on any atom is -0.290 e. The normalized spacial score (nSPS) is 15.9. The second-order valence-corrected chi connectivity index (χ2v) is 4.59. The van der Waals surface area contributed by atoms with Gasteiger partial charge in [-0.2, -0.15) is 13.2 Å². The van der Waals surface area contributed by atoms with Crippen molar-refractivity contribution in [1.82, 2.24) is 5.48 Å². The van der Waals surface area contributed by atoms with E-state index in [4.69, 9.17) is 5.21 Å². The SMILES string of the molecule is ONC1=Nc2cc(C(F)(F)F)ccc2SCC1. The lowest BCUT2D eigenvalue weighted by atomic mass is 10.2. The van der Waals surface area contributed by atoms with Gasteiger partial charge in [-0.05, 0) is 18.2 Å². The second kappa shape index (κ2) is 4.58. The third-order valence-corrected chi connectivity index (χ3v) is 3.33. The first kappa shape index (κ1) is 12.3. The number of rotatable bonds is 0. The molecule has 0 atom stereocenters. The van der Waals surface area contributed by atoms with Crippen LogP contribution in [0.2, 0.25) is 0 Å². The maximum Gasteiger partial charge on any atom is 0.416 e. The molecule has 0 amide bonds. The lowest BCUT2D eigenvalue weighted by Gasteiger charge is -2.09. The Hall–Kier alpha value is -1.21. The van der Waals surface area contributed by atoms with E-state index >= 15 is 0 Å². The van der Waals surface area contributed by atoms with Gasteiger partial charge in [0.25, 0.3) is 0 Å². The third-order valence-electron chi connectivity index (χ3n) is 2.27. The number of hydrogen-bond acceptors (Lipinski definition) is 4. The van der Waals surface area contributed by atoms with Crippen LogP contribution in [0.15, 0.2) is 28.1 Å². The van der Waals surface area contributed by atoms with Crippen LogP contribution in [0.3, 0.4) is 0 Å². The van der Waals surface area contributed by atoms with E-state index in [2.05, 4.69) is 4.99 Å². The second-order valence-electron chi connectivity index (χ2n) is 3.45. The summed E-state index contributed by atoms with van der Waals surface area (Å²) in [6.45, 7) is 0. The number of hydrogen-bond donors (Lipinski definition) is 2. The molecule has 0 unspecified atom stereocenters. The standard InChI is InChI=1S/C10H9F3N2OS/c11-10(12,13)6-1-2-8-7(5-6)14-9(15-16)3-4-17-8/h1-2,5,16H,3-4H2,(H,14,15). The number of benzene rings is 1. The van der Waals surface area contributed by atoms with Gasteiger partial charge < -0.3 is 0 Å². The van der Waals surface area contributed by atoms with E-state index < -0.39 is 11.7 Å². The Morgan fingerprint density at radius 2 is 2.12 bits per heavy atom. The number of fused-ring (bicyclic) bond motifs is 1. The largest absolute Gasteiger partial charge is 0.416 e. The van der Waals surface area contributed by atoms with Crippen LogP contribution in [0, 0.1) is 0 Å². The zero-order valence-electron chi connectivity index (χ0n) is 8.58. The molecule has 0 bridgehead atoms. The predicted octanol–water partition coefficient (Wildman–Crippen LogP) is 3.21. The smallest absolute Gasteiger partial charge is 0.290 e. The van der Waals surface area contributed by atoms with Crippen LogP contribution in [0.1, 0.15) is 12.0 Å². The number of thioether (sulfide) groups is 1. The molecule has 0 radical (unpaired) electrons. The molecular weight excluding hydrogens is 253 g/mol. The average molecular weight is 262 g/mol. The van der Waals surface area contributed by atoms with E-state index in [1.165, 1.54) is 17.8 Å². The van der Waals surface area contributed by atoms with Gasteiger partial charge in [-0.1, -0.05) is 0 Å². The highest BCUT2D eigenvalue weighted by molar-refractivity contribution is 7.99. The number of hydroxylamine groups is 1. The molecule has 0 saturated heterocycles. The summed E-state index contributed by atoms with van der Waals surface area (Å²) in [5.74, 6) is 0.931. The summed E-state index contributed by atoms with van der Waals surface area (Å²) in [4.78, 5) is 4.65. The van der Waals surface area contributed by atoms with Crippen LogP contribution in [0.25, 0.3) is 0 Å². The molecular formula is C10H9F3N2OS. The lowest BCUT2D eigenvalue weighted by molar-refractivity contribution is -0.137. The van der Waals surface area contributed by atoms with Crippen molar-refractivity contribution in [2.24, 2.45) is 4.99 Å². The molecule has 0 spiro atoms. The maximum atomic E-state index is 12.5. The zero-order valence-corrected chi connectivity index (χ0v) is 9.40. The van der Waals surface area contributed by atoms with Crippen LogP contribution in [0.4, 0.5) is 18.9 Å². The van der Waals surface area contributed by atoms with E-state index in [9.17, 15) is 13.2 Å². The van der Waals surface area contributed by atoms with Gasteiger partial charge in [-0.15, -0.1) is 11.8 Å². The van der Waals surface area contributed by atoms with Gasteiger partial charge in [0.2, 0.25) is 0 Å². The summed E-state index contributed by atoms with van der Waals surface area (Å²) in [6.07, 6.45) is -3.90. The van der Waals surface area contributed by atoms with Crippen molar-refractivity contribution in [1.29, 1.82) is 0 Å². The Bertz CT molecular complexity index is 459. The molecule has 0 fully saturated rings. The minimum absolute atomic E-state index is 0.235. The third kappa shape index (κ3) is 2.73. The van der Waals surface area contributed by atoms with E-state index in [0.717, 1.165) is 12.1 Å². The molecule has 3 nitrogen and oxygen atoms in total. The number of halogens is 3. The first-order chi connectivity index (χ1) is 8.00. The highest BCUT2D eigenvalue weighted by Crippen LogP contribution is 2.38. The van der Waals surface area contributed by atoms with Crippen molar-refractivity contribution < 1.29 is 18.4 Å². The zero-order chi connectivity index (χ0) is 12.5. The van der Waals surface area contributed by atoms with E-state index in [1.54, 1.807) is 0 Å². The highest BCUT2D eigenvalue weighted by atomic mass is 32.2. The summed E-state index contributed by atoms with van der Waals surface area (Å²) in [5, 5.41) is 8.76. The molecule has 17 heavy (non-hydrogen) atoms. The van der Waals surface area contributed by atoms with Gasteiger partial charge in [0.15, 0.2) is 0 Å². The number of aliphatic imine (C=N–C) groups is 1. The Morgan fingerprint density at radius 3 is 2.76 bits per heavy atom. The molecule has 1 aliphatic rings. The van der Waals surface area contributed by atoms with Crippen LogP contribution >= 0.6 is 11.8 Å². The van der Waals surface area contributed by atoms with Crippen molar-refractivity contribution in [3.05, 3.63) is 23.8 Å². The summed E-state index contributed by atoms with van der Waals surface area (Å²) in [5.41, 5.74) is 1.40. The molecule has 92 valence electrons. The van der Waals surface area contributed by atoms with Gasteiger partial charge >= 0.3 is 6.18 Å². The first-order valence-corrected chi connectivity index (χ1v) is 5.81. The van der Waals surface area contributed by atoms with Crippen LogP contribution in [-0.2, 0) is 6.18 Å². The average Bonchev–Trinajstić information content (AvgIpc) is 2.48. The van der Waals surface area contributed by atoms with Gasteiger partial charge in [0.05, 0.1) is 11.3 Å². The molecule has 7 heteroatoms. The van der Waals surface area contributed by atoms with Crippen molar-refractivity contribution in [3.63, 3.8) is 0 Å². The van der Waals surface area contributed by atoms with Crippen molar-refractivity contribution in [2.75, 3.05) is 5.75 Å². The van der Waals surface area contributed by atoms with Gasteiger partial charge in [0.1, 0.15) is 5.84 Å². The van der Waals surface area contributed by atoms with Crippen molar-refractivity contribution in [3.8, 4) is 0 Å². The molecule has 2 N–H and O–H groups in total. The molecule has 1 heterocycles. The molecule has 1 aliphatic heterocycles. The van der Waals surface area contributed by atoms with Crippen molar-refractivity contribution >= 4 is 23.3 Å². The predicted molar refractivity (Wildman–Crippen MR) is 58.8 cm³/mol. The lowest BCUT2D eigenvalue weighted by Crippen LogP contribution is -2.18. The summed E-state index contributed by atoms with van der Waals surface area (Å²) < 4.78 is 37.6. The first-order valence-electron chi connectivity index (χ1n) is 4.82. The Labute approximate surface area is 99.7 Å². The molecule has 0 aromatic heterocycles. The molecule has 1 aromatic carbocycles. The van der Waals surface area contributed by atoms with Gasteiger partial charge in [0, 0.05) is 17.1 Å². The van der Waals surface area contributed by atoms with Crippen molar-refractivity contribution in [2.45, 2.75) is 17.5 Å². The summed E-state index contributed by atoms with van der Waals surface area (Å²) in [7, 11) is 0. The van der Waals surface area contributed by atoms with Crippen LogP contribution in [-0.4, -0.2) is 16.8 Å². The summed E-state index contributed by atoms with van der Waals surface area (Å²) in [6, 6.07) is 3.44. The Balaban J connectivity index is 2.45. The minimum atomic E-state index is -4.38. The van der Waals surface area contributed by atoms with Gasteiger partial charge in [-0.3, -0.25) is 10.7 Å². The number of amidine groups is 1. The topological polar surface area (TPSA) is 44.6 Å². The maximum absolute atomic E-state index is 12.5. The molecule has 2 rings (SSSR count). The number of nitrogens with zero attached hydrogens (tertiary/aromatic N) is 1. The molecule has 0 aliphatic carbocycles. The number of nitrogens with one attached hydrogen (secondary N) is 1. The Morgan fingerprint density at radius 1 is 1.35 bits per heavy atom. The summed E-state index contributed by atoms with van der Waals surface area (Å²) >= 11 is 1.41. The van der Waals surface area contributed by atoms with E-state index in [1.807, 2.05) is 5.48 Å². The van der Waals surface area contributed by atoms with E-state index in [-0.39, 0.29) is 11.5 Å². The Kier molecular flexibility index (Phi) is 3.30. The fraction of sp³-hybridized carbons (Fsp3) is 0.300. The van der Waals surface area contributed by atoms with Gasteiger partial charge in [-0.25, -0.2) is 4.99 Å². The van der Waals surface area contributed by atoms with Crippen LogP contribution in [0.5, 0.6) is 0 Å². The quantitative estimate of drug-likeness (QED) is 0.706. The number of alkyl halides is 3. The highest BCUT2D eigenvalue weighted by Gasteiger charge is 2.31. The molecule has 1 aromatic rings.